The lowest BCUT2D eigenvalue weighted by Gasteiger charge is -2.34. The molecule has 14 heavy (non-hydrogen) atoms. The molecule has 4 heteroatoms. The molecular formula is C10H16O4. The van der Waals surface area contributed by atoms with E-state index in [1.54, 1.807) is 13.8 Å². The van der Waals surface area contributed by atoms with Gasteiger partial charge in [0.1, 0.15) is 6.10 Å². The van der Waals surface area contributed by atoms with Crippen LogP contribution in [-0.4, -0.2) is 23.1 Å². The number of aliphatic carboxylic acids is 1. The van der Waals surface area contributed by atoms with Gasteiger partial charge in [-0.25, -0.2) is 0 Å². The molecule has 1 N–H and O–H groups in total. The highest BCUT2D eigenvalue weighted by Crippen LogP contribution is 2.29. The molecule has 1 aliphatic rings. The lowest BCUT2D eigenvalue weighted by atomic mass is 9.84. The number of carboxylic acids is 1. The summed E-state index contributed by atoms with van der Waals surface area (Å²) >= 11 is 0. The van der Waals surface area contributed by atoms with Gasteiger partial charge >= 0.3 is 11.9 Å². The van der Waals surface area contributed by atoms with E-state index in [1.165, 1.54) is 0 Å². The summed E-state index contributed by atoms with van der Waals surface area (Å²) in [6.07, 6.45) is 0.234. The van der Waals surface area contributed by atoms with E-state index in [0.717, 1.165) is 0 Å². The van der Waals surface area contributed by atoms with Crippen molar-refractivity contribution in [2.75, 3.05) is 0 Å². The molecule has 0 spiro atoms. The SMILES string of the molecule is CC1C[C@@H](C)C(=O)OC1C(C)C(=O)O. The van der Waals surface area contributed by atoms with Gasteiger partial charge in [0.05, 0.1) is 11.8 Å². The maximum atomic E-state index is 11.3. The fraction of sp³-hybridized carbons (Fsp3) is 0.800. The van der Waals surface area contributed by atoms with Gasteiger partial charge in [0.25, 0.3) is 0 Å². The Morgan fingerprint density at radius 2 is 2.14 bits per heavy atom. The first-order valence-electron chi connectivity index (χ1n) is 4.86. The number of carbonyl (C=O) groups excluding carboxylic acids is 1. The van der Waals surface area contributed by atoms with Crippen LogP contribution in [0.2, 0.25) is 0 Å². The van der Waals surface area contributed by atoms with Gasteiger partial charge in [-0.3, -0.25) is 9.59 Å². The molecular weight excluding hydrogens is 184 g/mol. The number of rotatable bonds is 2. The zero-order valence-electron chi connectivity index (χ0n) is 8.69. The van der Waals surface area contributed by atoms with E-state index >= 15 is 0 Å². The third kappa shape index (κ3) is 2.05. The Labute approximate surface area is 83.2 Å². The average molecular weight is 200 g/mol. The van der Waals surface area contributed by atoms with Crippen molar-refractivity contribution in [2.45, 2.75) is 33.3 Å². The molecule has 4 nitrogen and oxygen atoms in total. The number of esters is 1. The van der Waals surface area contributed by atoms with E-state index in [-0.39, 0.29) is 17.8 Å². The fourth-order valence-corrected chi connectivity index (χ4v) is 1.89. The third-order valence-corrected chi connectivity index (χ3v) is 2.82. The van der Waals surface area contributed by atoms with Crippen molar-refractivity contribution in [1.82, 2.24) is 0 Å². The second-order valence-electron chi connectivity index (χ2n) is 4.14. The molecule has 0 saturated carbocycles. The first kappa shape index (κ1) is 11.0. The van der Waals surface area contributed by atoms with Crippen LogP contribution in [0, 0.1) is 17.8 Å². The minimum Gasteiger partial charge on any atom is -0.481 e. The summed E-state index contributed by atoms with van der Waals surface area (Å²) in [4.78, 5) is 22.0. The lowest BCUT2D eigenvalue weighted by molar-refractivity contribution is -0.172. The molecule has 0 aromatic rings. The van der Waals surface area contributed by atoms with Crippen molar-refractivity contribution >= 4 is 11.9 Å². The molecule has 1 rings (SSSR count). The van der Waals surface area contributed by atoms with Gasteiger partial charge < -0.3 is 9.84 Å². The highest BCUT2D eigenvalue weighted by molar-refractivity contribution is 5.75. The second-order valence-corrected chi connectivity index (χ2v) is 4.14. The highest BCUT2D eigenvalue weighted by atomic mass is 16.5. The van der Waals surface area contributed by atoms with Gasteiger partial charge in [-0.1, -0.05) is 13.8 Å². The average Bonchev–Trinajstić information content (AvgIpc) is 2.10. The van der Waals surface area contributed by atoms with Gasteiger partial charge in [-0.05, 0) is 19.3 Å². The summed E-state index contributed by atoms with van der Waals surface area (Å²) in [5.74, 6) is -1.80. The summed E-state index contributed by atoms with van der Waals surface area (Å²) in [6.45, 7) is 5.31. The van der Waals surface area contributed by atoms with Crippen LogP contribution in [0.15, 0.2) is 0 Å². The van der Waals surface area contributed by atoms with Crippen LogP contribution in [0.1, 0.15) is 27.2 Å². The molecule has 0 aliphatic carbocycles. The number of hydrogen-bond donors (Lipinski definition) is 1. The van der Waals surface area contributed by atoms with Crippen molar-refractivity contribution in [2.24, 2.45) is 17.8 Å². The zero-order valence-corrected chi connectivity index (χ0v) is 8.69. The van der Waals surface area contributed by atoms with Crippen molar-refractivity contribution < 1.29 is 19.4 Å². The molecule has 0 amide bonds. The van der Waals surface area contributed by atoms with Gasteiger partial charge in [0, 0.05) is 0 Å². The Balaban J connectivity index is 2.70. The van der Waals surface area contributed by atoms with Crippen LogP contribution < -0.4 is 0 Å². The predicted molar refractivity (Wildman–Crippen MR) is 49.6 cm³/mol. The normalized spacial score (nSPS) is 34.8. The van der Waals surface area contributed by atoms with Crippen LogP contribution >= 0.6 is 0 Å². The van der Waals surface area contributed by atoms with Crippen LogP contribution in [-0.2, 0) is 14.3 Å². The van der Waals surface area contributed by atoms with E-state index in [9.17, 15) is 9.59 Å². The van der Waals surface area contributed by atoms with Crippen molar-refractivity contribution in [3.05, 3.63) is 0 Å². The Bertz CT molecular complexity index is 249. The maximum Gasteiger partial charge on any atom is 0.309 e. The second kappa shape index (κ2) is 3.98. The van der Waals surface area contributed by atoms with E-state index < -0.39 is 18.0 Å². The zero-order chi connectivity index (χ0) is 10.9. The van der Waals surface area contributed by atoms with E-state index in [1.807, 2.05) is 6.92 Å². The van der Waals surface area contributed by atoms with E-state index in [0.29, 0.717) is 6.42 Å². The van der Waals surface area contributed by atoms with Gasteiger partial charge in [-0.15, -0.1) is 0 Å². The first-order valence-corrected chi connectivity index (χ1v) is 4.86. The third-order valence-electron chi connectivity index (χ3n) is 2.82. The minimum absolute atomic E-state index is 0.109. The fourth-order valence-electron chi connectivity index (χ4n) is 1.89. The Morgan fingerprint density at radius 1 is 1.57 bits per heavy atom. The monoisotopic (exact) mass is 200 g/mol. The largest absolute Gasteiger partial charge is 0.481 e. The molecule has 1 fully saturated rings. The Kier molecular flexibility index (Phi) is 3.13. The summed E-state index contributed by atoms with van der Waals surface area (Å²) in [7, 11) is 0. The van der Waals surface area contributed by atoms with Gasteiger partial charge in [0.2, 0.25) is 0 Å². The molecule has 3 unspecified atom stereocenters. The highest BCUT2D eigenvalue weighted by Gasteiger charge is 2.38. The lowest BCUT2D eigenvalue weighted by Crippen LogP contribution is -2.42. The Morgan fingerprint density at radius 3 is 2.64 bits per heavy atom. The number of carbonyl (C=O) groups is 2. The number of hydrogen-bond acceptors (Lipinski definition) is 3. The van der Waals surface area contributed by atoms with Crippen LogP contribution in [0.3, 0.4) is 0 Å². The molecule has 1 heterocycles. The van der Waals surface area contributed by atoms with Crippen LogP contribution in [0.5, 0.6) is 0 Å². The Hall–Kier alpha value is -1.06. The standard InChI is InChI=1S/C10H16O4/c1-5-4-6(2)10(13)14-8(5)7(3)9(11)12/h5-8H,4H2,1-3H3,(H,11,12)/t5?,6-,7?,8?/m1/s1. The molecule has 1 saturated heterocycles. The summed E-state index contributed by atoms with van der Waals surface area (Å²) in [5.41, 5.74) is 0. The maximum absolute atomic E-state index is 11.3. The number of cyclic esters (lactones) is 1. The van der Waals surface area contributed by atoms with Crippen LogP contribution in [0.25, 0.3) is 0 Å². The summed E-state index contributed by atoms with van der Waals surface area (Å²) in [5, 5.41) is 8.81. The quantitative estimate of drug-likeness (QED) is 0.682. The molecule has 80 valence electrons. The molecule has 0 radical (unpaired) electrons. The summed E-state index contributed by atoms with van der Waals surface area (Å²) in [6, 6.07) is 0. The summed E-state index contributed by atoms with van der Waals surface area (Å²) < 4.78 is 5.11. The van der Waals surface area contributed by atoms with E-state index in [4.69, 9.17) is 9.84 Å². The number of ether oxygens (including phenoxy) is 1. The molecule has 0 aromatic carbocycles. The van der Waals surface area contributed by atoms with Crippen molar-refractivity contribution in [1.29, 1.82) is 0 Å². The van der Waals surface area contributed by atoms with Crippen molar-refractivity contribution in [3.8, 4) is 0 Å². The molecule has 0 aromatic heterocycles. The van der Waals surface area contributed by atoms with Gasteiger partial charge in [0.15, 0.2) is 0 Å². The first-order chi connectivity index (χ1) is 6.43. The number of carboxylic acid groups (broad SMARTS) is 1. The minimum atomic E-state index is -0.913. The molecule has 0 bridgehead atoms. The van der Waals surface area contributed by atoms with Gasteiger partial charge in [-0.2, -0.15) is 0 Å². The molecule has 1 aliphatic heterocycles. The smallest absolute Gasteiger partial charge is 0.309 e. The van der Waals surface area contributed by atoms with E-state index in [2.05, 4.69) is 0 Å². The molecule has 4 atom stereocenters. The van der Waals surface area contributed by atoms with Crippen LogP contribution in [0.4, 0.5) is 0 Å². The van der Waals surface area contributed by atoms with Crippen molar-refractivity contribution in [3.63, 3.8) is 0 Å². The predicted octanol–water partition coefficient (Wildman–Crippen LogP) is 1.29. The topological polar surface area (TPSA) is 63.6 Å².